The first-order chi connectivity index (χ1) is 48.4. The molecule has 3 N–H and O–H groups in total. The molecule has 0 saturated heterocycles. The van der Waals surface area contributed by atoms with E-state index in [1.807, 2.05) is 0 Å². The number of carbonyl (C=O) groups is 4. The van der Waals surface area contributed by atoms with E-state index in [1.165, 1.54) is 244 Å². The molecule has 17 nitrogen and oxygen atoms in total. The van der Waals surface area contributed by atoms with Crippen molar-refractivity contribution in [3.8, 4) is 0 Å². The van der Waals surface area contributed by atoms with Gasteiger partial charge in [-0.2, -0.15) is 0 Å². The molecule has 0 aromatic heterocycles. The minimum atomic E-state index is -4.96. The number of hydrogen-bond donors (Lipinski definition) is 3. The van der Waals surface area contributed by atoms with E-state index in [9.17, 15) is 43.2 Å². The lowest BCUT2D eigenvalue weighted by Crippen LogP contribution is -2.30. The van der Waals surface area contributed by atoms with Crippen LogP contribution in [0.2, 0.25) is 0 Å². The summed E-state index contributed by atoms with van der Waals surface area (Å²) < 4.78 is 68.7. The zero-order valence-corrected chi connectivity index (χ0v) is 67.3. The second-order valence-electron chi connectivity index (χ2n) is 29.9. The summed E-state index contributed by atoms with van der Waals surface area (Å²) in [7, 11) is -9.92. The lowest BCUT2D eigenvalue weighted by atomic mass is 9.99. The Labute approximate surface area is 613 Å². The van der Waals surface area contributed by atoms with Crippen LogP contribution in [0.15, 0.2) is 0 Å². The van der Waals surface area contributed by atoms with E-state index in [0.717, 1.165) is 102 Å². The van der Waals surface area contributed by atoms with Gasteiger partial charge in [-0.15, -0.1) is 0 Å². The summed E-state index contributed by atoms with van der Waals surface area (Å²) in [5.74, 6) is -0.456. The number of rotatable bonds is 80. The summed E-state index contributed by atoms with van der Waals surface area (Å²) in [6, 6.07) is 0. The van der Waals surface area contributed by atoms with Gasteiger partial charge in [-0.05, 0) is 37.5 Å². The quantitative estimate of drug-likeness (QED) is 0.0222. The van der Waals surface area contributed by atoms with Crippen molar-refractivity contribution in [1.82, 2.24) is 0 Å². The number of unbranched alkanes of at least 4 members (excludes halogenated alkanes) is 49. The van der Waals surface area contributed by atoms with Gasteiger partial charge in [0, 0.05) is 25.7 Å². The molecule has 0 saturated carbocycles. The Kier molecular flexibility index (Phi) is 71.2. The first-order valence-electron chi connectivity index (χ1n) is 42.0. The summed E-state index contributed by atoms with van der Waals surface area (Å²) in [5, 5.41) is 10.6. The standard InChI is InChI=1S/C81H158O17P2/c1-7-10-12-14-16-18-19-20-28-35-41-47-53-59-65-80(85)97-76(69-91-78(83)63-57-51-45-37-17-15-13-11-8-2)71-95-99(87,88)93-67-75(82)68-94-100(89,90)96-72-77(70-92-79(84)64-58-52-46-40-34-31-30-32-38-43-49-55-61-73(4)5)98-81(86)66-60-54-48-42-36-29-26-24-22-21-23-25-27-33-39-44-50-56-62-74(6)9-3/h73-77,82H,7-72H2,1-6H3,(H,87,88)(H,89,90)/t74?,75-,76+,77+/m0/s1. The highest BCUT2D eigenvalue weighted by molar-refractivity contribution is 7.47. The zero-order chi connectivity index (χ0) is 73.5. The lowest BCUT2D eigenvalue weighted by molar-refractivity contribution is -0.161. The fourth-order valence-corrected chi connectivity index (χ4v) is 14.1. The molecule has 3 unspecified atom stereocenters. The number of aliphatic hydroxyl groups is 1. The molecule has 0 aromatic rings. The summed E-state index contributed by atoms with van der Waals surface area (Å²) in [6.45, 7) is 9.70. The van der Waals surface area contributed by atoms with Crippen molar-refractivity contribution in [2.45, 2.75) is 445 Å². The van der Waals surface area contributed by atoms with Gasteiger partial charge in [-0.1, -0.05) is 375 Å². The summed E-state index contributed by atoms with van der Waals surface area (Å²) >= 11 is 0. The predicted octanol–water partition coefficient (Wildman–Crippen LogP) is 24.3. The van der Waals surface area contributed by atoms with Crippen molar-refractivity contribution < 1.29 is 80.2 Å². The van der Waals surface area contributed by atoms with Crippen LogP contribution in [0.1, 0.15) is 427 Å². The van der Waals surface area contributed by atoms with E-state index in [0.29, 0.717) is 25.7 Å². The fraction of sp³-hybridized carbons (Fsp3) is 0.951. The normalized spacial score (nSPS) is 14.2. The van der Waals surface area contributed by atoms with Gasteiger partial charge >= 0.3 is 39.5 Å². The highest BCUT2D eigenvalue weighted by Crippen LogP contribution is 2.45. The number of ether oxygens (including phenoxy) is 4. The van der Waals surface area contributed by atoms with Crippen LogP contribution in [0.4, 0.5) is 0 Å². The maximum absolute atomic E-state index is 13.1. The second-order valence-corrected chi connectivity index (χ2v) is 32.8. The Morgan fingerprint density at radius 3 is 0.760 bits per heavy atom. The molecule has 0 fully saturated rings. The first-order valence-corrected chi connectivity index (χ1v) is 45.0. The molecule has 0 aliphatic rings. The number of esters is 4. The number of phosphoric ester groups is 2. The van der Waals surface area contributed by atoms with Crippen LogP contribution in [0, 0.1) is 11.8 Å². The van der Waals surface area contributed by atoms with Gasteiger partial charge in [-0.3, -0.25) is 37.3 Å². The van der Waals surface area contributed by atoms with E-state index in [1.54, 1.807) is 0 Å². The lowest BCUT2D eigenvalue weighted by Gasteiger charge is -2.21. The first kappa shape index (κ1) is 98.1. The van der Waals surface area contributed by atoms with Crippen molar-refractivity contribution >= 4 is 39.5 Å². The van der Waals surface area contributed by atoms with Crippen molar-refractivity contribution in [1.29, 1.82) is 0 Å². The van der Waals surface area contributed by atoms with Crippen LogP contribution in [-0.4, -0.2) is 96.7 Å². The van der Waals surface area contributed by atoms with E-state index >= 15 is 0 Å². The van der Waals surface area contributed by atoms with Gasteiger partial charge in [-0.25, -0.2) is 9.13 Å². The van der Waals surface area contributed by atoms with E-state index in [2.05, 4.69) is 41.5 Å². The molecule has 0 rings (SSSR count). The predicted molar refractivity (Wildman–Crippen MR) is 409 cm³/mol. The van der Waals surface area contributed by atoms with E-state index < -0.39 is 97.5 Å². The van der Waals surface area contributed by atoms with E-state index in [4.69, 9.17) is 37.0 Å². The second kappa shape index (κ2) is 72.6. The molecule has 0 aromatic carbocycles. The SMILES string of the molecule is CCCCCCCCCCCCCCCCC(=O)O[C@H](COC(=O)CCCCCCCCCCC)COP(=O)(O)OC[C@H](O)COP(=O)(O)OC[C@@H](COC(=O)CCCCCCCCCCCCCCC(C)C)OC(=O)CCCCCCCCCCCCCCCCCCCCC(C)CC. The number of aliphatic hydroxyl groups excluding tert-OH is 1. The average molecular weight is 1470 g/mol. The van der Waals surface area contributed by atoms with Crippen LogP contribution < -0.4 is 0 Å². The van der Waals surface area contributed by atoms with Gasteiger partial charge in [0.2, 0.25) is 0 Å². The topological polar surface area (TPSA) is 237 Å². The molecule has 19 heteroatoms. The monoisotopic (exact) mass is 1470 g/mol. The molecule has 0 aliphatic carbocycles. The van der Waals surface area contributed by atoms with Crippen LogP contribution in [0.25, 0.3) is 0 Å². The van der Waals surface area contributed by atoms with Crippen molar-refractivity contribution in [3.63, 3.8) is 0 Å². The largest absolute Gasteiger partial charge is 0.472 e. The third kappa shape index (κ3) is 73.0. The van der Waals surface area contributed by atoms with Crippen molar-refractivity contribution in [3.05, 3.63) is 0 Å². The Balaban J connectivity index is 5.20. The maximum atomic E-state index is 13.1. The van der Waals surface area contributed by atoms with Crippen LogP contribution in [0.5, 0.6) is 0 Å². The Hall–Kier alpha value is -1.94. The summed E-state index contributed by atoms with van der Waals surface area (Å²) in [4.78, 5) is 72.9. The maximum Gasteiger partial charge on any atom is 0.472 e. The van der Waals surface area contributed by atoms with Gasteiger partial charge in [0.1, 0.15) is 19.3 Å². The molecule has 0 aliphatic heterocycles. The zero-order valence-electron chi connectivity index (χ0n) is 65.5. The Bertz CT molecular complexity index is 1930. The van der Waals surface area contributed by atoms with Crippen LogP contribution in [0.3, 0.4) is 0 Å². The third-order valence-electron chi connectivity index (χ3n) is 19.3. The van der Waals surface area contributed by atoms with Gasteiger partial charge < -0.3 is 33.8 Å². The van der Waals surface area contributed by atoms with E-state index in [-0.39, 0.29) is 25.7 Å². The number of carbonyl (C=O) groups excluding carboxylic acids is 4. The molecule has 100 heavy (non-hydrogen) atoms. The van der Waals surface area contributed by atoms with Crippen molar-refractivity contribution in [2.75, 3.05) is 39.6 Å². The molecule has 0 radical (unpaired) electrons. The van der Waals surface area contributed by atoms with Gasteiger partial charge in [0.05, 0.1) is 26.4 Å². The molecule has 0 spiro atoms. The molecule has 594 valence electrons. The minimum absolute atomic E-state index is 0.108. The Morgan fingerprint density at radius 2 is 0.510 bits per heavy atom. The summed E-state index contributed by atoms with van der Waals surface area (Å²) in [5.41, 5.74) is 0. The molecule has 0 heterocycles. The highest BCUT2D eigenvalue weighted by atomic mass is 31.2. The van der Waals surface area contributed by atoms with Crippen LogP contribution >= 0.6 is 15.6 Å². The molecule has 6 atom stereocenters. The number of hydrogen-bond acceptors (Lipinski definition) is 15. The molecular weight excluding hydrogens is 1310 g/mol. The highest BCUT2D eigenvalue weighted by Gasteiger charge is 2.30. The minimum Gasteiger partial charge on any atom is -0.462 e. The number of phosphoric acid groups is 2. The smallest absolute Gasteiger partial charge is 0.462 e. The third-order valence-corrected chi connectivity index (χ3v) is 21.2. The Morgan fingerprint density at radius 1 is 0.290 bits per heavy atom. The molecule has 0 amide bonds. The average Bonchev–Trinajstić information content (AvgIpc) is 0.922. The molecular formula is C81H158O17P2. The van der Waals surface area contributed by atoms with Gasteiger partial charge in [0.15, 0.2) is 12.2 Å². The summed E-state index contributed by atoms with van der Waals surface area (Å²) in [6.07, 6.45) is 62.4. The van der Waals surface area contributed by atoms with Crippen LogP contribution in [-0.2, 0) is 65.4 Å². The van der Waals surface area contributed by atoms with Gasteiger partial charge in [0.25, 0.3) is 0 Å². The molecule has 0 bridgehead atoms. The fourth-order valence-electron chi connectivity index (χ4n) is 12.5. The van der Waals surface area contributed by atoms with Crippen molar-refractivity contribution in [2.24, 2.45) is 11.8 Å².